The molecule has 1 aliphatic rings. The molecule has 2 heterocycles. The van der Waals surface area contributed by atoms with Crippen molar-refractivity contribution in [2.45, 2.75) is 26.2 Å². The molecule has 0 bridgehead atoms. The number of rotatable bonds is 5. The van der Waals surface area contributed by atoms with Crippen LogP contribution in [0, 0.1) is 0 Å². The van der Waals surface area contributed by atoms with E-state index in [1.54, 1.807) is 0 Å². The van der Waals surface area contributed by atoms with E-state index < -0.39 is 0 Å². The summed E-state index contributed by atoms with van der Waals surface area (Å²) in [5.74, 6) is -0.0450. The molecule has 1 aromatic heterocycles. The first-order chi connectivity index (χ1) is 8.81. The third-order valence-corrected chi connectivity index (χ3v) is 3.75. The van der Waals surface area contributed by atoms with Gasteiger partial charge in [0.15, 0.2) is 0 Å². The molecule has 1 aliphatic heterocycles. The smallest absolute Gasteiger partial charge is 0.264 e. The second-order valence-corrected chi connectivity index (χ2v) is 4.98. The largest absolute Gasteiger partial charge is 0.351 e. The van der Waals surface area contributed by atoms with Crippen LogP contribution < -0.4 is 10.6 Å². The van der Waals surface area contributed by atoms with Gasteiger partial charge in [0.2, 0.25) is 0 Å². The van der Waals surface area contributed by atoms with Gasteiger partial charge in [-0.25, -0.2) is 0 Å². The van der Waals surface area contributed by atoms with Crippen molar-refractivity contribution in [3.05, 3.63) is 22.2 Å². The molecular weight excluding hydrogens is 248 g/mol. The average molecular weight is 266 g/mol. The van der Waals surface area contributed by atoms with Crippen molar-refractivity contribution in [1.82, 2.24) is 20.2 Å². The van der Waals surface area contributed by atoms with Crippen LogP contribution in [0.5, 0.6) is 0 Å². The van der Waals surface area contributed by atoms with Gasteiger partial charge in [-0.2, -0.15) is 0 Å². The predicted octanol–water partition coefficient (Wildman–Crippen LogP) is 1.14. The number of nitrogens with one attached hydrogen (secondary N) is 2. The van der Waals surface area contributed by atoms with Gasteiger partial charge in [-0.15, -0.1) is 5.10 Å². The maximum atomic E-state index is 11.9. The molecule has 1 amide bonds. The Balaban J connectivity index is 1.80. The van der Waals surface area contributed by atoms with Crippen LogP contribution in [-0.2, 0) is 6.42 Å². The summed E-state index contributed by atoms with van der Waals surface area (Å²) in [6, 6.07) is 0. The minimum Gasteiger partial charge on any atom is -0.351 e. The second-order valence-electron chi connectivity index (χ2n) is 4.22. The predicted molar refractivity (Wildman–Crippen MR) is 71.8 cm³/mol. The van der Waals surface area contributed by atoms with E-state index in [2.05, 4.69) is 26.3 Å². The lowest BCUT2D eigenvalue weighted by molar-refractivity contribution is 0.0957. The first-order valence-electron chi connectivity index (χ1n) is 6.29. The Hall–Kier alpha value is -1.27. The third kappa shape index (κ3) is 3.36. The molecule has 98 valence electrons. The van der Waals surface area contributed by atoms with Gasteiger partial charge in [0.25, 0.3) is 5.91 Å². The van der Waals surface area contributed by atoms with E-state index in [0.29, 0.717) is 11.4 Å². The van der Waals surface area contributed by atoms with Gasteiger partial charge in [0.1, 0.15) is 4.88 Å². The van der Waals surface area contributed by atoms with Gasteiger partial charge in [-0.3, -0.25) is 4.79 Å². The van der Waals surface area contributed by atoms with Gasteiger partial charge in [-0.1, -0.05) is 23.1 Å². The van der Waals surface area contributed by atoms with E-state index >= 15 is 0 Å². The van der Waals surface area contributed by atoms with Crippen molar-refractivity contribution in [1.29, 1.82) is 0 Å². The molecule has 0 spiro atoms. The van der Waals surface area contributed by atoms with E-state index in [0.717, 1.165) is 38.0 Å². The highest BCUT2D eigenvalue weighted by molar-refractivity contribution is 7.08. The van der Waals surface area contributed by atoms with Crippen molar-refractivity contribution < 1.29 is 4.79 Å². The Morgan fingerprint density at radius 1 is 1.61 bits per heavy atom. The molecule has 0 aliphatic carbocycles. The molecule has 0 radical (unpaired) electrons. The van der Waals surface area contributed by atoms with Gasteiger partial charge in [0.05, 0.1) is 5.69 Å². The molecule has 6 heteroatoms. The number of aromatic nitrogens is 2. The monoisotopic (exact) mass is 266 g/mol. The zero-order valence-corrected chi connectivity index (χ0v) is 11.3. The fourth-order valence-electron chi connectivity index (χ4n) is 1.93. The molecule has 0 saturated heterocycles. The van der Waals surface area contributed by atoms with E-state index in [-0.39, 0.29) is 5.91 Å². The molecule has 2 rings (SSSR count). The number of hydrogen-bond acceptors (Lipinski definition) is 5. The number of amides is 1. The van der Waals surface area contributed by atoms with Crippen molar-refractivity contribution >= 4 is 17.4 Å². The summed E-state index contributed by atoms with van der Waals surface area (Å²) < 4.78 is 3.82. The SMILES string of the molecule is CCc1nnsc1C(=O)NCCC1=CCNCC1. The number of carbonyl (C=O) groups excluding carboxylic acids is 1. The Morgan fingerprint density at radius 3 is 3.22 bits per heavy atom. The van der Waals surface area contributed by atoms with Crippen LogP contribution >= 0.6 is 11.5 Å². The summed E-state index contributed by atoms with van der Waals surface area (Å²) in [4.78, 5) is 12.6. The number of aryl methyl sites for hydroxylation is 1. The standard InChI is InChI=1S/C12H18N4OS/c1-2-10-11(18-16-15-10)12(17)14-8-5-9-3-6-13-7-4-9/h3,13H,2,4-8H2,1H3,(H,14,17). The van der Waals surface area contributed by atoms with E-state index in [4.69, 9.17) is 0 Å². The van der Waals surface area contributed by atoms with E-state index in [1.807, 2.05) is 6.92 Å². The summed E-state index contributed by atoms with van der Waals surface area (Å²) in [5, 5.41) is 10.2. The van der Waals surface area contributed by atoms with E-state index in [9.17, 15) is 4.79 Å². The molecule has 2 N–H and O–H groups in total. The van der Waals surface area contributed by atoms with Gasteiger partial charge >= 0.3 is 0 Å². The van der Waals surface area contributed by atoms with Crippen LogP contribution in [0.2, 0.25) is 0 Å². The highest BCUT2D eigenvalue weighted by Crippen LogP contribution is 2.11. The number of carbonyl (C=O) groups is 1. The van der Waals surface area contributed by atoms with Crippen molar-refractivity contribution in [3.8, 4) is 0 Å². The Labute approximate surface area is 111 Å². The molecular formula is C12H18N4OS. The maximum absolute atomic E-state index is 11.9. The van der Waals surface area contributed by atoms with Crippen LogP contribution in [0.4, 0.5) is 0 Å². The number of hydrogen-bond donors (Lipinski definition) is 2. The van der Waals surface area contributed by atoms with Crippen LogP contribution in [0.25, 0.3) is 0 Å². The molecule has 0 unspecified atom stereocenters. The lowest BCUT2D eigenvalue weighted by Crippen LogP contribution is -2.26. The van der Waals surface area contributed by atoms with Crippen molar-refractivity contribution in [3.63, 3.8) is 0 Å². The first-order valence-corrected chi connectivity index (χ1v) is 7.06. The molecule has 0 saturated carbocycles. The Bertz CT molecular complexity index is 441. The Morgan fingerprint density at radius 2 is 2.50 bits per heavy atom. The number of nitrogens with zero attached hydrogens (tertiary/aromatic N) is 2. The second kappa shape index (κ2) is 6.61. The Kier molecular flexibility index (Phi) is 4.83. The summed E-state index contributed by atoms with van der Waals surface area (Å²) in [6.07, 6.45) is 4.97. The van der Waals surface area contributed by atoms with Gasteiger partial charge in [0, 0.05) is 13.1 Å². The molecule has 18 heavy (non-hydrogen) atoms. The van der Waals surface area contributed by atoms with E-state index in [1.165, 1.54) is 17.1 Å². The highest BCUT2D eigenvalue weighted by atomic mass is 32.1. The molecule has 5 nitrogen and oxygen atoms in total. The maximum Gasteiger partial charge on any atom is 0.264 e. The van der Waals surface area contributed by atoms with Crippen LogP contribution in [0.1, 0.15) is 35.1 Å². The van der Waals surface area contributed by atoms with Crippen LogP contribution in [0.15, 0.2) is 11.6 Å². The lowest BCUT2D eigenvalue weighted by Gasteiger charge is -2.13. The normalized spacial score (nSPS) is 15.3. The minimum absolute atomic E-state index is 0.0450. The third-order valence-electron chi connectivity index (χ3n) is 2.99. The fraction of sp³-hybridized carbons (Fsp3) is 0.583. The quantitative estimate of drug-likeness (QED) is 0.784. The summed E-state index contributed by atoms with van der Waals surface area (Å²) in [5.41, 5.74) is 2.21. The lowest BCUT2D eigenvalue weighted by atomic mass is 10.1. The summed E-state index contributed by atoms with van der Waals surface area (Å²) >= 11 is 1.17. The zero-order chi connectivity index (χ0) is 12.8. The van der Waals surface area contributed by atoms with Gasteiger partial charge < -0.3 is 10.6 Å². The highest BCUT2D eigenvalue weighted by Gasteiger charge is 2.14. The van der Waals surface area contributed by atoms with Gasteiger partial charge in [-0.05, 0) is 37.3 Å². The fourth-order valence-corrected chi connectivity index (χ4v) is 2.59. The topological polar surface area (TPSA) is 66.9 Å². The summed E-state index contributed by atoms with van der Waals surface area (Å²) in [7, 11) is 0. The molecule has 0 fully saturated rings. The molecule has 0 atom stereocenters. The van der Waals surface area contributed by atoms with Crippen LogP contribution in [0.3, 0.4) is 0 Å². The zero-order valence-electron chi connectivity index (χ0n) is 10.5. The first kappa shape index (κ1) is 13.2. The summed E-state index contributed by atoms with van der Waals surface area (Å²) in [6.45, 7) is 4.65. The average Bonchev–Trinajstić information content (AvgIpc) is 2.88. The minimum atomic E-state index is -0.0450. The van der Waals surface area contributed by atoms with Crippen LogP contribution in [-0.4, -0.2) is 35.1 Å². The van der Waals surface area contributed by atoms with Crippen molar-refractivity contribution in [2.24, 2.45) is 0 Å². The molecule has 0 aromatic carbocycles. The molecule has 1 aromatic rings. The van der Waals surface area contributed by atoms with Crippen molar-refractivity contribution in [2.75, 3.05) is 19.6 Å².